The Bertz CT molecular complexity index is 1310. The van der Waals surface area contributed by atoms with Crippen LogP contribution in [0.2, 0.25) is 0 Å². The van der Waals surface area contributed by atoms with E-state index in [0.717, 1.165) is 4.57 Å². The molecule has 1 saturated carbocycles. The normalized spacial score (nSPS) is 15.8. The molecule has 0 spiro atoms. The van der Waals surface area contributed by atoms with Gasteiger partial charge in [0.25, 0.3) is 5.56 Å². The minimum absolute atomic E-state index is 0.0143. The quantitative estimate of drug-likeness (QED) is 0.652. The molecular weight excluding hydrogens is 407 g/mol. The Hall–Kier alpha value is -2.37. The lowest BCUT2D eigenvalue weighted by molar-refractivity contribution is 0.415. The average Bonchev–Trinajstić information content (AvgIpc) is 3.28. The van der Waals surface area contributed by atoms with Crippen LogP contribution in [0.5, 0.6) is 0 Å². The van der Waals surface area contributed by atoms with Gasteiger partial charge in [0.05, 0.1) is 29.0 Å². The van der Waals surface area contributed by atoms with Crippen molar-refractivity contribution in [1.29, 1.82) is 0 Å². The second kappa shape index (κ2) is 6.33. The maximum absolute atomic E-state index is 13.9. The van der Waals surface area contributed by atoms with Crippen molar-refractivity contribution in [2.24, 2.45) is 12.2 Å². The van der Waals surface area contributed by atoms with Gasteiger partial charge in [0, 0.05) is 29.6 Å². The predicted molar refractivity (Wildman–Crippen MR) is 103 cm³/mol. The molecule has 0 atom stereocenters. The second-order valence-electron chi connectivity index (χ2n) is 7.06. The highest BCUT2D eigenvalue weighted by molar-refractivity contribution is 7.89. The number of primary sulfonamides is 1. The summed E-state index contributed by atoms with van der Waals surface area (Å²) in [6, 6.07) is 2.61. The van der Waals surface area contributed by atoms with Gasteiger partial charge in [-0.25, -0.2) is 22.7 Å². The maximum atomic E-state index is 13.9. The van der Waals surface area contributed by atoms with Crippen molar-refractivity contribution in [3.8, 4) is 0 Å². The lowest BCUT2D eigenvalue weighted by Gasteiger charge is -2.20. The van der Waals surface area contributed by atoms with Gasteiger partial charge in [0.15, 0.2) is 0 Å². The van der Waals surface area contributed by atoms with Gasteiger partial charge >= 0.3 is 5.69 Å². The summed E-state index contributed by atoms with van der Waals surface area (Å²) in [5, 5.41) is 7.09. The van der Waals surface area contributed by atoms with E-state index in [2.05, 4.69) is 4.37 Å². The minimum atomic E-state index is -4.19. The van der Waals surface area contributed by atoms with Crippen LogP contribution < -0.4 is 16.4 Å². The summed E-state index contributed by atoms with van der Waals surface area (Å²) < 4.78 is 44.5. The Labute approximate surface area is 163 Å². The fourth-order valence-electron chi connectivity index (χ4n) is 3.57. The first-order chi connectivity index (χ1) is 13.2. The Morgan fingerprint density at radius 3 is 2.57 bits per heavy atom. The molecule has 2 heterocycles. The molecule has 11 heteroatoms. The average molecular weight is 424 g/mol. The molecule has 28 heavy (non-hydrogen) atoms. The Morgan fingerprint density at radius 2 is 2.04 bits per heavy atom. The van der Waals surface area contributed by atoms with Crippen LogP contribution in [0.1, 0.15) is 24.0 Å². The van der Waals surface area contributed by atoms with Crippen LogP contribution in [0.25, 0.3) is 10.9 Å². The van der Waals surface area contributed by atoms with Crippen LogP contribution in [-0.4, -0.2) is 28.6 Å². The summed E-state index contributed by atoms with van der Waals surface area (Å²) in [7, 11) is -2.70. The third-order valence-corrected chi connectivity index (χ3v) is 6.84. The van der Waals surface area contributed by atoms with E-state index in [4.69, 9.17) is 5.14 Å². The molecular formula is C17H17FN4O4S2. The van der Waals surface area contributed by atoms with Crippen LogP contribution in [0.3, 0.4) is 0 Å². The van der Waals surface area contributed by atoms with E-state index in [9.17, 15) is 22.4 Å². The molecule has 4 rings (SSSR count). The summed E-state index contributed by atoms with van der Waals surface area (Å²) in [6.45, 7) is -0.828. The first-order valence-electron chi connectivity index (χ1n) is 8.44. The predicted octanol–water partition coefficient (Wildman–Crippen LogP) is 0.853. The Balaban J connectivity index is 2.15. The highest BCUT2D eigenvalue weighted by atomic mass is 32.2. The topological polar surface area (TPSA) is 117 Å². The highest BCUT2D eigenvalue weighted by Crippen LogP contribution is 2.52. The van der Waals surface area contributed by atoms with E-state index < -0.39 is 33.4 Å². The number of nitrogens with zero attached hydrogens (tertiary/aromatic N) is 3. The Morgan fingerprint density at radius 1 is 1.32 bits per heavy atom. The summed E-state index contributed by atoms with van der Waals surface area (Å²) in [6.07, 6.45) is 2.36. The molecule has 1 aliphatic rings. The van der Waals surface area contributed by atoms with Gasteiger partial charge in [-0.05, 0) is 42.1 Å². The second-order valence-corrected chi connectivity index (χ2v) is 9.24. The molecule has 0 bridgehead atoms. The molecule has 1 aromatic carbocycles. The maximum Gasteiger partial charge on any atom is 0.331 e. The summed E-state index contributed by atoms with van der Waals surface area (Å²) in [5.41, 5.74) is -1.30. The Kier molecular flexibility index (Phi) is 4.28. The number of rotatable bonds is 5. The van der Waals surface area contributed by atoms with Crippen LogP contribution >= 0.6 is 11.5 Å². The van der Waals surface area contributed by atoms with E-state index >= 15 is 0 Å². The van der Waals surface area contributed by atoms with Gasteiger partial charge in [-0.1, -0.05) is 0 Å². The highest BCUT2D eigenvalue weighted by Gasteiger charge is 2.49. The molecule has 0 radical (unpaired) electrons. The van der Waals surface area contributed by atoms with Gasteiger partial charge in [0.2, 0.25) is 10.0 Å². The van der Waals surface area contributed by atoms with Gasteiger partial charge in [-0.3, -0.25) is 18.3 Å². The molecule has 3 aromatic rings. The third-order valence-electron chi connectivity index (χ3n) is 5.25. The molecule has 2 aromatic heterocycles. The molecule has 0 amide bonds. The number of alkyl halides is 1. The van der Waals surface area contributed by atoms with Crippen molar-refractivity contribution in [3.05, 3.63) is 55.7 Å². The zero-order chi connectivity index (χ0) is 20.3. The van der Waals surface area contributed by atoms with Crippen LogP contribution in [0, 0.1) is 0 Å². The molecule has 148 valence electrons. The minimum Gasteiger partial charge on any atom is -0.296 e. The monoisotopic (exact) mass is 424 g/mol. The standard InChI is InChI=1S/C17H17FN4O4S2/c1-21-11-2-3-12(28(19,25)26)14(17(9-18)4-5-17)13(11)15(23)22(16(21)24)7-10-6-20-27-8-10/h2-3,6,8H,4-5,7,9H2,1H3,(H2,19,25,26). The van der Waals surface area contributed by atoms with Crippen molar-refractivity contribution in [2.75, 3.05) is 6.67 Å². The lowest BCUT2D eigenvalue weighted by Crippen LogP contribution is -2.40. The van der Waals surface area contributed by atoms with Crippen molar-refractivity contribution in [2.45, 2.75) is 29.7 Å². The van der Waals surface area contributed by atoms with E-state index in [1.165, 1.54) is 35.3 Å². The van der Waals surface area contributed by atoms with E-state index in [0.29, 0.717) is 18.4 Å². The van der Waals surface area contributed by atoms with Crippen molar-refractivity contribution in [1.82, 2.24) is 13.5 Å². The molecule has 0 aliphatic heterocycles. The third kappa shape index (κ3) is 2.81. The number of sulfonamides is 1. The first kappa shape index (κ1) is 19.0. The number of aryl methyl sites for hydroxylation is 1. The lowest BCUT2D eigenvalue weighted by atomic mass is 9.93. The molecule has 2 N–H and O–H groups in total. The van der Waals surface area contributed by atoms with Crippen molar-refractivity contribution >= 4 is 32.5 Å². The van der Waals surface area contributed by atoms with E-state index in [1.54, 1.807) is 11.6 Å². The number of fused-ring (bicyclic) bond motifs is 1. The van der Waals surface area contributed by atoms with E-state index in [1.807, 2.05) is 0 Å². The number of benzene rings is 1. The molecule has 1 aliphatic carbocycles. The zero-order valence-corrected chi connectivity index (χ0v) is 16.5. The van der Waals surface area contributed by atoms with Crippen LogP contribution in [-0.2, 0) is 29.0 Å². The smallest absolute Gasteiger partial charge is 0.296 e. The summed E-state index contributed by atoms with van der Waals surface area (Å²) in [5.74, 6) is 0. The summed E-state index contributed by atoms with van der Waals surface area (Å²) >= 11 is 1.19. The number of halogens is 1. The fourth-order valence-corrected chi connectivity index (χ4v) is 4.95. The van der Waals surface area contributed by atoms with Gasteiger partial charge in [-0.2, -0.15) is 0 Å². The SMILES string of the molecule is Cn1c(=O)n(Cc2cnsc2)c(=O)c2c(C3(CF)CC3)c(S(N)(=O)=O)ccc21. The summed E-state index contributed by atoms with van der Waals surface area (Å²) in [4.78, 5) is 25.8. The van der Waals surface area contributed by atoms with Crippen LogP contribution in [0.15, 0.2) is 38.2 Å². The number of hydrogen-bond acceptors (Lipinski definition) is 6. The number of hydrogen-bond donors (Lipinski definition) is 1. The molecule has 0 unspecified atom stereocenters. The number of aromatic nitrogens is 3. The first-order valence-corrected chi connectivity index (χ1v) is 10.8. The largest absolute Gasteiger partial charge is 0.331 e. The van der Waals surface area contributed by atoms with Gasteiger partial charge < -0.3 is 0 Å². The zero-order valence-electron chi connectivity index (χ0n) is 14.9. The molecule has 0 saturated heterocycles. The van der Waals surface area contributed by atoms with Crippen molar-refractivity contribution in [3.63, 3.8) is 0 Å². The van der Waals surface area contributed by atoms with E-state index in [-0.39, 0.29) is 27.9 Å². The van der Waals surface area contributed by atoms with Gasteiger partial charge in [-0.15, -0.1) is 0 Å². The fraction of sp³-hybridized carbons (Fsp3) is 0.353. The molecule has 1 fully saturated rings. The molecule has 8 nitrogen and oxygen atoms in total. The van der Waals surface area contributed by atoms with Crippen molar-refractivity contribution < 1.29 is 12.8 Å². The van der Waals surface area contributed by atoms with Crippen LogP contribution in [0.4, 0.5) is 4.39 Å². The number of nitrogens with two attached hydrogens (primary N) is 1. The van der Waals surface area contributed by atoms with Gasteiger partial charge in [0.1, 0.15) is 0 Å².